The molecule has 4 heteroatoms. The quantitative estimate of drug-likeness (QED) is 0.917. The van der Waals surface area contributed by atoms with Gasteiger partial charge in [0, 0.05) is 13.5 Å². The fourth-order valence-electron chi connectivity index (χ4n) is 2.33. The van der Waals surface area contributed by atoms with Crippen LogP contribution in [0.5, 0.6) is 5.75 Å². The molecule has 1 saturated carbocycles. The summed E-state index contributed by atoms with van der Waals surface area (Å²) in [5, 5.41) is 4.22. The van der Waals surface area contributed by atoms with E-state index < -0.39 is 5.82 Å². The molecule has 1 aliphatic carbocycles. The Morgan fingerprint density at radius 2 is 2.29 bits per heavy atom. The zero-order valence-electron chi connectivity index (χ0n) is 12.9. The van der Waals surface area contributed by atoms with E-state index in [4.69, 9.17) is 6.11 Å². The number of hydrogen-bond acceptors (Lipinski definition) is 2. The standard InChI is InChI=1S/C17H18FNO2/c1-11(20)19-9-8-15-16-10-14(21-13-5-6-13)4-2-12(16)3-7-17(15)18/h2-4,7,10,13H,5-6,8-9H2,1H3,(H,19,20)/i7D. The molecule has 1 fully saturated rings. The number of halogens is 1. The molecule has 3 rings (SSSR count). The van der Waals surface area contributed by atoms with Crippen LogP contribution >= 0.6 is 0 Å². The predicted molar refractivity (Wildman–Crippen MR) is 79.9 cm³/mol. The van der Waals surface area contributed by atoms with Gasteiger partial charge in [0.1, 0.15) is 11.6 Å². The number of carbonyl (C=O) groups excluding carboxylic acids is 1. The zero-order chi connectivity index (χ0) is 15.7. The van der Waals surface area contributed by atoms with Crippen LogP contribution in [-0.4, -0.2) is 18.6 Å². The molecule has 0 bridgehead atoms. The number of benzene rings is 2. The minimum Gasteiger partial charge on any atom is -0.490 e. The van der Waals surface area contributed by atoms with Crippen LogP contribution in [-0.2, 0) is 11.2 Å². The molecule has 0 radical (unpaired) electrons. The Hall–Kier alpha value is -2.10. The number of rotatable bonds is 5. The van der Waals surface area contributed by atoms with Gasteiger partial charge in [-0.2, -0.15) is 0 Å². The van der Waals surface area contributed by atoms with Gasteiger partial charge in [0.25, 0.3) is 0 Å². The van der Waals surface area contributed by atoms with Gasteiger partial charge in [-0.1, -0.05) is 12.1 Å². The van der Waals surface area contributed by atoms with Crippen molar-refractivity contribution in [2.75, 3.05) is 6.54 Å². The summed E-state index contributed by atoms with van der Waals surface area (Å²) in [6.07, 6.45) is 2.75. The number of amides is 1. The summed E-state index contributed by atoms with van der Waals surface area (Å²) in [6, 6.07) is 6.94. The van der Waals surface area contributed by atoms with Crippen molar-refractivity contribution in [3.05, 3.63) is 41.7 Å². The number of carbonyl (C=O) groups is 1. The Bertz CT molecular complexity index is 728. The summed E-state index contributed by atoms with van der Waals surface area (Å²) in [7, 11) is 0. The Kier molecular flexibility index (Phi) is 3.44. The van der Waals surface area contributed by atoms with Gasteiger partial charge in [-0.05, 0) is 53.8 Å². The van der Waals surface area contributed by atoms with E-state index in [1.165, 1.54) is 13.0 Å². The highest BCUT2D eigenvalue weighted by Crippen LogP contribution is 2.31. The first kappa shape index (κ1) is 12.6. The van der Waals surface area contributed by atoms with Crippen molar-refractivity contribution in [1.29, 1.82) is 0 Å². The predicted octanol–water partition coefficient (Wildman–Crippen LogP) is 3.20. The minimum atomic E-state index is -0.526. The van der Waals surface area contributed by atoms with E-state index in [0.29, 0.717) is 18.5 Å². The molecule has 0 spiro atoms. The summed E-state index contributed by atoms with van der Waals surface area (Å²) in [6.45, 7) is 1.77. The second-order valence-corrected chi connectivity index (χ2v) is 5.38. The maximum absolute atomic E-state index is 14.3. The molecule has 21 heavy (non-hydrogen) atoms. The molecule has 2 aromatic carbocycles. The largest absolute Gasteiger partial charge is 0.490 e. The fourth-order valence-corrected chi connectivity index (χ4v) is 2.33. The molecule has 0 aliphatic heterocycles. The van der Waals surface area contributed by atoms with Crippen LogP contribution in [0, 0.1) is 5.82 Å². The van der Waals surface area contributed by atoms with Crippen molar-refractivity contribution in [2.24, 2.45) is 0 Å². The molecule has 0 saturated heterocycles. The first-order valence-corrected chi connectivity index (χ1v) is 7.17. The lowest BCUT2D eigenvalue weighted by Gasteiger charge is -2.11. The van der Waals surface area contributed by atoms with Crippen molar-refractivity contribution >= 4 is 16.7 Å². The molecule has 1 amide bonds. The summed E-state index contributed by atoms with van der Waals surface area (Å²) < 4.78 is 27.8. The van der Waals surface area contributed by atoms with Gasteiger partial charge in [-0.25, -0.2) is 4.39 Å². The highest BCUT2D eigenvalue weighted by Gasteiger charge is 2.23. The van der Waals surface area contributed by atoms with E-state index in [0.717, 1.165) is 29.4 Å². The Labute approximate surface area is 124 Å². The summed E-state index contributed by atoms with van der Waals surface area (Å²) in [5.74, 6) is 0.0545. The van der Waals surface area contributed by atoms with Crippen molar-refractivity contribution in [2.45, 2.75) is 32.3 Å². The second-order valence-electron chi connectivity index (χ2n) is 5.38. The monoisotopic (exact) mass is 288 g/mol. The molecule has 1 N–H and O–H groups in total. The van der Waals surface area contributed by atoms with Crippen LogP contribution in [0.1, 0.15) is 26.7 Å². The second kappa shape index (κ2) is 5.72. The van der Waals surface area contributed by atoms with Gasteiger partial charge < -0.3 is 10.1 Å². The van der Waals surface area contributed by atoms with Crippen molar-refractivity contribution < 1.29 is 15.3 Å². The van der Waals surface area contributed by atoms with Crippen LogP contribution in [0.25, 0.3) is 10.8 Å². The summed E-state index contributed by atoms with van der Waals surface area (Å²) in [4.78, 5) is 11.0. The maximum Gasteiger partial charge on any atom is 0.216 e. The number of fused-ring (bicyclic) bond motifs is 1. The van der Waals surface area contributed by atoms with Crippen molar-refractivity contribution in [3.63, 3.8) is 0 Å². The lowest BCUT2D eigenvalue weighted by Crippen LogP contribution is -2.22. The van der Waals surface area contributed by atoms with E-state index in [1.807, 2.05) is 18.2 Å². The fraction of sp³-hybridized carbons (Fsp3) is 0.353. The molecule has 3 nitrogen and oxygen atoms in total. The van der Waals surface area contributed by atoms with Gasteiger partial charge in [-0.15, -0.1) is 0 Å². The highest BCUT2D eigenvalue weighted by atomic mass is 19.1. The van der Waals surface area contributed by atoms with Gasteiger partial charge in [0.2, 0.25) is 5.91 Å². The lowest BCUT2D eigenvalue weighted by molar-refractivity contribution is -0.118. The van der Waals surface area contributed by atoms with Gasteiger partial charge in [-0.3, -0.25) is 4.79 Å². The van der Waals surface area contributed by atoms with Crippen molar-refractivity contribution in [3.8, 4) is 5.75 Å². The maximum atomic E-state index is 14.3. The topological polar surface area (TPSA) is 38.3 Å². The number of hydrogen-bond donors (Lipinski definition) is 1. The first-order valence-electron chi connectivity index (χ1n) is 7.67. The van der Waals surface area contributed by atoms with E-state index in [2.05, 4.69) is 5.32 Å². The molecule has 0 aromatic heterocycles. The molecular formula is C17H18FNO2. The van der Waals surface area contributed by atoms with Crippen LogP contribution < -0.4 is 10.1 Å². The van der Waals surface area contributed by atoms with E-state index in [9.17, 15) is 9.18 Å². The number of nitrogens with one attached hydrogen (secondary N) is 1. The van der Waals surface area contributed by atoms with Gasteiger partial charge >= 0.3 is 0 Å². The minimum absolute atomic E-state index is 0.124. The smallest absolute Gasteiger partial charge is 0.216 e. The third-order valence-corrected chi connectivity index (χ3v) is 3.55. The first-order chi connectivity index (χ1) is 10.5. The SMILES string of the molecule is [2H]c1cc2ccc(OC3CC3)cc2c(CCNC(C)=O)c1F. The molecular weight excluding hydrogens is 269 g/mol. The summed E-state index contributed by atoms with van der Waals surface area (Å²) >= 11 is 0. The molecule has 0 heterocycles. The van der Waals surface area contributed by atoms with Crippen LogP contribution in [0.2, 0.25) is 0 Å². The number of ether oxygens (including phenoxy) is 1. The van der Waals surface area contributed by atoms with Crippen LogP contribution in [0.4, 0.5) is 4.39 Å². The average molecular weight is 288 g/mol. The average Bonchev–Trinajstić information content (AvgIpc) is 3.27. The molecule has 2 aromatic rings. The van der Waals surface area contributed by atoms with E-state index in [-0.39, 0.29) is 18.1 Å². The third-order valence-electron chi connectivity index (χ3n) is 3.55. The van der Waals surface area contributed by atoms with Crippen molar-refractivity contribution in [1.82, 2.24) is 5.32 Å². The van der Waals surface area contributed by atoms with Gasteiger partial charge in [0.15, 0.2) is 0 Å². The molecule has 0 atom stereocenters. The molecule has 110 valence electrons. The van der Waals surface area contributed by atoms with Gasteiger partial charge in [0.05, 0.1) is 7.47 Å². The summed E-state index contributed by atoms with van der Waals surface area (Å²) in [5.41, 5.74) is 0.456. The normalized spacial score (nSPS) is 14.9. The van der Waals surface area contributed by atoms with Crippen LogP contribution in [0.3, 0.4) is 0 Å². The Morgan fingerprint density at radius 3 is 3.00 bits per heavy atom. The van der Waals surface area contributed by atoms with Crippen LogP contribution in [0.15, 0.2) is 30.3 Å². The molecule has 1 aliphatic rings. The highest BCUT2D eigenvalue weighted by molar-refractivity contribution is 5.87. The Morgan fingerprint density at radius 1 is 1.48 bits per heavy atom. The van der Waals surface area contributed by atoms with E-state index >= 15 is 0 Å². The van der Waals surface area contributed by atoms with E-state index in [1.54, 1.807) is 0 Å². The Balaban J connectivity index is 1.96. The molecule has 0 unspecified atom stereocenters. The third kappa shape index (κ3) is 3.32. The zero-order valence-corrected chi connectivity index (χ0v) is 11.9. The lowest BCUT2D eigenvalue weighted by atomic mass is 10.0.